The molecule has 0 aromatic carbocycles. The number of aliphatic imine (C=N–C) groups is 1. The van der Waals surface area contributed by atoms with Crippen molar-refractivity contribution in [2.24, 2.45) is 10.7 Å². The number of amides is 2. The minimum absolute atomic E-state index is 0.0444. The van der Waals surface area contributed by atoms with Crippen molar-refractivity contribution >= 4 is 58.2 Å². The molecule has 136 valence electrons. The Balaban J connectivity index is 1.88. The van der Waals surface area contributed by atoms with Crippen molar-refractivity contribution in [3.8, 4) is 0 Å². The van der Waals surface area contributed by atoms with Crippen LogP contribution in [0.4, 0.5) is 5.69 Å². The minimum Gasteiger partial charge on any atom is -0.369 e. The zero-order chi connectivity index (χ0) is 19.1. The summed E-state index contributed by atoms with van der Waals surface area (Å²) in [7, 11) is 1.56. The lowest BCUT2D eigenvalue weighted by Gasteiger charge is -2.32. The highest BCUT2D eigenvalue weighted by Gasteiger charge is 2.37. The molecule has 11 heteroatoms. The molecule has 1 unspecified atom stereocenters. The predicted molar refractivity (Wildman–Crippen MR) is 101 cm³/mol. The number of carbonyl (C=O) groups is 2. The van der Waals surface area contributed by atoms with E-state index in [-0.39, 0.29) is 33.3 Å². The van der Waals surface area contributed by atoms with Gasteiger partial charge in [0.05, 0.1) is 12.1 Å². The van der Waals surface area contributed by atoms with E-state index in [1.165, 1.54) is 11.1 Å². The van der Waals surface area contributed by atoms with Gasteiger partial charge in [-0.05, 0) is 30.6 Å². The van der Waals surface area contributed by atoms with E-state index in [9.17, 15) is 9.59 Å². The van der Waals surface area contributed by atoms with Gasteiger partial charge < -0.3 is 11.1 Å². The molecule has 0 spiro atoms. The van der Waals surface area contributed by atoms with Gasteiger partial charge in [-0.3, -0.25) is 19.5 Å². The van der Waals surface area contributed by atoms with Gasteiger partial charge >= 0.3 is 0 Å². The number of nitrogens with two attached hydrogens (primary N) is 1. The van der Waals surface area contributed by atoms with Gasteiger partial charge in [-0.15, -0.1) is 0 Å². The number of pyridine rings is 1. The monoisotopic (exact) mass is 412 g/mol. The minimum atomic E-state index is -0.921. The fourth-order valence-electron chi connectivity index (χ4n) is 2.45. The van der Waals surface area contributed by atoms with E-state index in [4.69, 9.17) is 28.9 Å². The molecule has 2 aromatic rings. The maximum absolute atomic E-state index is 12.3. The Morgan fingerprint density at radius 2 is 2.19 bits per heavy atom. The Kier molecular flexibility index (Phi) is 4.87. The number of aromatic nitrogens is 2. The molecule has 2 amide bonds. The maximum atomic E-state index is 12.3. The van der Waals surface area contributed by atoms with Crippen LogP contribution in [-0.2, 0) is 10.3 Å². The molecule has 0 fully saturated rings. The second kappa shape index (κ2) is 6.82. The molecule has 0 bridgehead atoms. The van der Waals surface area contributed by atoms with Crippen molar-refractivity contribution in [1.82, 2.24) is 14.3 Å². The van der Waals surface area contributed by atoms with E-state index in [1.54, 1.807) is 26.1 Å². The summed E-state index contributed by atoms with van der Waals surface area (Å²) in [6.45, 7) is 1.76. The molecule has 1 atom stereocenters. The van der Waals surface area contributed by atoms with Crippen molar-refractivity contribution in [2.45, 2.75) is 18.9 Å². The standard InChI is InChI=1S/C15H14Cl2N6O2S/c1-15(6-9(24)23(2)14(18)21-15)8-5-7(3-4-19-8)20-13(25)11-10(16)12(17)26-22-11/h3-5H,6H2,1-2H3,(H2,18,21)(H,19,20,25). The normalized spacial score (nSPS) is 20.1. The molecule has 3 rings (SSSR count). The van der Waals surface area contributed by atoms with Crippen molar-refractivity contribution in [3.05, 3.63) is 39.1 Å². The van der Waals surface area contributed by atoms with Crippen LogP contribution in [0.3, 0.4) is 0 Å². The van der Waals surface area contributed by atoms with Crippen molar-refractivity contribution in [3.63, 3.8) is 0 Å². The van der Waals surface area contributed by atoms with Gasteiger partial charge in [-0.25, -0.2) is 4.99 Å². The van der Waals surface area contributed by atoms with Gasteiger partial charge in [0, 0.05) is 18.9 Å². The average Bonchev–Trinajstić information content (AvgIpc) is 2.92. The van der Waals surface area contributed by atoms with Crippen LogP contribution in [0.15, 0.2) is 23.3 Å². The van der Waals surface area contributed by atoms with Gasteiger partial charge in [0.25, 0.3) is 5.91 Å². The Morgan fingerprint density at radius 1 is 1.46 bits per heavy atom. The number of nitrogens with zero attached hydrogens (tertiary/aromatic N) is 4. The predicted octanol–water partition coefficient (Wildman–Crippen LogP) is 2.49. The highest BCUT2D eigenvalue weighted by molar-refractivity contribution is 7.11. The molecule has 0 aliphatic carbocycles. The first-order chi connectivity index (χ1) is 12.2. The smallest absolute Gasteiger partial charge is 0.276 e. The Morgan fingerprint density at radius 3 is 2.81 bits per heavy atom. The summed E-state index contributed by atoms with van der Waals surface area (Å²) < 4.78 is 4.17. The number of guanidine groups is 1. The number of carbonyl (C=O) groups excluding carboxylic acids is 2. The zero-order valence-electron chi connectivity index (χ0n) is 13.8. The van der Waals surface area contributed by atoms with E-state index >= 15 is 0 Å². The molecule has 1 aliphatic rings. The van der Waals surface area contributed by atoms with Crippen LogP contribution in [0.5, 0.6) is 0 Å². The fraction of sp³-hybridized carbons (Fsp3) is 0.267. The van der Waals surface area contributed by atoms with Crippen LogP contribution in [-0.4, -0.2) is 39.1 Å². The van der Waals surface area contributed by atoms with Crippen molar-refractivity contribution in [1.29, 1.82) is 0 Å². The Hall–Kier alpha value is -2.23. The second-order valence-corrected chi connectivity index (χ2v) is 7.63. The topological polar surface area (TPSA) is 114 Å². The molecule has 26 heavy (non-hydrogen) atoms. The molecule has 1 aliphatic heterocycles. The summed E-state index contributed by atoms with van der Waals surface area (Å²) >= 11 is 12.7. The average molecular weight is 413 g/mol. The van der Waals surface area contributed by atoms with E-state index in [0.717, 1.165) is 11.5 Å². The molecule has 3 N–H and O–H groups in total. The van der Waals surface area contributed by atoms with Crippen LogP contribution in [0.25, 0.3) is 0 Å². The van der Waals surface area contributed by atoms with E-state index in [1.807, 2.05) is 0 Å². The SMILES string of the molecule is CN1C(=O)CC(C)(c2cc(NC(=O)c3nsc(Cl)c3Cl)ccn2)N=C1N. The lowest BCUT2D eigenvalue weighted by molar-refractivity contribution is -0.128. The van der Waals surface area contributed by atoms with E-state index in [2.05, 4.69) is 19.7 Å². The maximum Gasteiger partial charge on any atom is 0.276 e. The van der Waals surface area contributed by atoms with Crippen LogP contribution in [0.1, 0.15) is 29.5 Å². The van der Waals surface area contributed by atoms with Gasteiger partial charge in [0.15, 0.2) is 11.7 Å². The third-order valence-corrected chi connectivity index (χ3v) is 5.57. The molecule has 0 saturated heterocycles. The molecule has 2 aromatic heterocycles. The number of hydrogen-bond acceptors (Lipinski definition) is 7. The summed E-state index contributed by atoms with van der Waals surface area (Å²) in [5.74, 6) is -0.549. The number of rotatable bonds is 3. The van der Waals surface area contributed by atoms with Gasteiger partial charge in [0.1, 0.15) is 14.9 Å². The fourth-order valence-corrected chi connectivity index (χ4v) is 3.45. The molecule has 0 saturated carbocycles. The van der Waals surface area contributed by atoms with Gasteiger partial charge in [-0.2, -0.15) is 4.37 Å². The van der Waals surface area contributed by atoms with Crippen LogP contribution in [0, 0.1) is 0 Å². The molecule has 8 nitrogen and oxygen atoms in total. The summed E-state index contributed by atoms with van der Waals surface area (Å²) in [4.78, 5) is 34.4. The lowest BCUT2D eigenvalue weighted by atomic mass is 9.91. The quantitative estimate of drug-likeness (QED) is 0.803. The second-order valence-electron chi connectivity index (χ2n) is 5.88. The summed E-state index contributed by atoms with van der Waals surface area (Å²) in [5.41, 5.74) is 5.90. The van der Waals surface area contributed by atoms with Crippen molar-refractivity contribution < 1.29 is 9.59 Å². The van der Waals surface area contributed by atoms with Gasteiger partial charge in [0.2, 0.25) is 5.91 Å². The number of hydrogen-bond donors (Lipinski definition) is 2. The number of nitrogens with one attached hydrogen (secondary N) is 1. The lowest BCUT2D eigenvalue weighted by Crippen LogP contribution is -2.47. The molecule has 3 heterocycles. The Bertz CT molecular complexity index is 931. The van der Waals surface area contributed by atoms with Crippen molar-refractivity contribution in [2.75, 3.05) is 12.4 Å². The zero-order valence-corrected chi connectivity index (χ0v) is 16.1. The molecule has 0 radical (unpaired) electrons. The number of anilines is 1. The van der Waals surface area contributed by atoms with Crippen LogP contribution < -0.4 is 11.1 Å². The third-order valence-electron chi connectivity index (χ3n) is 3.96. The first kappa shape index (κ1) is 18.6. The van der Waals surface area contributed by atoms with Crippen LogP contribution in [0.2, 0.25) is 9.36 Å². The summed E-state index contributed by atoms with van der Waals surface area (Å²) in [5, 5.41) is 2.79. The third kappa shape index (κ3) is 3.37. The van der Waals surface area contributed by atoms with E-state index < -0.39 is 11.4 Å². The van der Waals surface area contributed by atoms with E-state index in [0.29, 0.717) is 11.4 Å². The largest absolute Gasteiger partial charge is 0.369 e. The summed E-state index contributed by atoms with van der Waals surface area (Å²) in [6.07, 6.45) is 1.63. The molecular weight excluding hydrogens is 399 g/mol. The Labute approximate surface area is 163 Å². The highest BCUT2D eigenvalue weighted by atomic mass is 35.5. The first-order valence-corrected chi connectivity index (χ1v) is 8.94. The highest BCUT2D eigenvalue weighted by Crippen LogP contribution is 2.33. The van der Waals surface area contributed by atoms with Gasteiger partial charge in [-0.1, -0.05) is 23.2 Å². The number of halogens is 2. The first-order valence-electron chi connectivity index (χ1n) is 7.42. The molecular formula is C15H14Cl2N6O2S. The summed E-state index contributed by atoms with van der Waals surface area (Å²) in [6, 6.07) is 3.24. The van der Waals surface area contributed by atoms with Crippen LogP contribution >= 0.6 is 34.7 Å².